The number of hydrogen-bond acceptors (Lipinski definition) is 5. The van der Waals surface area contributed by atoms with Gasteiger partial charge in [-0.15, -0.1) is 0 Å². The van der Waals surface area contributed by atoms with Gasteiger partial charge >= 0.3 is 0 Å². The lowest BCUT2D eigenvalue weighted by atomic mass is 10.1. The Labute approximate surface area is 156 Å². The lowest BCUT2D eigenvalue weighted by Gasteiger charge is -2.33. The molecule has 2 heterocycles. The molecule has 6 nitrogen and oxygen atoms in total. The van der Waals surface area contributed by atoms with Crippen molar-refractivity contribution >= 4 is 35.1 Å². The summed E-state index contributed by atoms with van der Waals surface area (Å²) < 4.78 is 5.47. The highest BCUT2D eigenvalue weighted by Crippen LogP contribution is 2.27. The molecule has 1 unspecified atom stereocenters. The molecule has 25 heavy (non-hydrogen) atoms. The first-order chi connectivity index (χ1) is 12.1. The van der Waals surface area contributed by atoms with Gasteiger partial charge < -0.3 is 15.0 Å². The van der Waals surface area contributed by atoms with Crippen molar-refractivity contribution in [2.24, 2.45) is 0 Å². The first-order valence-electron chi connectivity index (χ1n) is 8.01. The van der Waals surface area contributed by atoms with Gasteiger partial charge in [-0.25, -0.2) is 9.97 Å². The summed E-state index contributed by atoms with van der Waals surface area (Å²) in [6, 6.07) is 6.71. The fourth-order valence-electron chi connectivity index (χ4n) is 2.74. The van der Waals surface area contributed by atoms with Crippen molar-refractivity contribution in [1.29, 1.82) is 0 Å². The Balaban J connectivity index is 1.50. The number of carbonyl (C=O) groups excluding carboxylic acids is 1. The smallest absolute Gasteiger partial charge is 0.258 e. The van der Waals surface area contributed by atoms with Crippen LogP contribution in [0.1, 0.15) is 12.8 Å². The molecular weight excluding hydrogens is 363 g/mol. The molecule has 0 saturated carbocycles. The maximum Gasteiger partial charge on any atom is 0.258 e. The van der Waals surface area contributed by atoms with Crippen LogP contribution in [0, 0.1) is 0 Å². The van der Waals surface area contributed by atoms with Gasteiger partial charge in [-0.1, -0.05) is 23.2 Å². The second-order valence-corrected chi connectivity index (χ2v) is 6.61. The zero-order valence-electron chi connectivity index (χ0n) is 13.5. The highest BCUT2D eigenvalue weighted by molar-refractivity contribution is 6.35. The maximum atomic E-state index is 12.2. The van der Waals surface area contributed by atoms with Crippen molar-refractivity contribution in [3.63, 3.8) is 0 Å². The number of hydrogen-bond donors (Lipinski definition) is 1. The van der Waals surface area contributed by atoms with Crippen LogP contribution in [0.3, 0.4) is 0 Å². The first kappa shape index (κ1) is 17.8. The Morgan fingerprint density at radius 3 is 2.88 bits per heavy atom. The molecule has 0 spiro atoms. The largest absolute Gasteiger partial charge is 0.482 e. The Bertz CT molecular complexity index is 730. The molecule has 1 aliphatic rings. The van der Waals surface area contributed by atoms with Crippen molar-refractivity contribution in [2.75, 3.05) is 24.6 Å². The first-order valence-corrected chi connectivity index (χ1v) is 8.76. The molecular formula is C17H18Cl2N4O2. The van der Waals surface area contributed by atoms with Gasteiger partial charge in [0.2, 0.25) is 5.95 Å². The average molecular weight is 381 g/mol. The van der Waals surface area contributed by atoms with Gasteiger partial charge in [-0.3, -0.25) is 4.79 Å². The van der Waals surface area contributed by atoms with Gasteiger partial charge in [0.25, 0.3) is 5.91 Å². The lowest BCUT2D eigenvalue weighted by Crippen LogP contribution is -2.49. The monoisotopic (exact) mass is 380 g/mol. The van der Waals surface area contributed by atoms with Gasteiger partial charge in [-0.05, 0) is 37.1 Å². The maximum absolute atomic E-state index is 12.2. The zero-order chi connectivity index (χ0) is 17.6. The standard InChI is InChI=1S/C17H18Cl2N4O2/c18-12-4-5-15(14(19)9-12)25-11-16(24)22-13-3-1-8-23(10-13)17-20-6-2-7-21-17/h2,4-7,9,13H,1,3,8,10-11H2,(H,22,24). The summed E-state index contributed by atoms with van der Waals surface area (Å²) in [4.78, 5) is 22.7. The summed E-state index contributed by atoms with van der Waals surface area (Å²) in [7, 11) is 0. The van der Waals surface area contributed by atoms with E-state index in [4.69, 9.17) is 27.9 Å². The third-order valence-electron chi connectivity index (χ3n) is 3.87. The molecule has 1 fully saturated rings. The lowest BCUT2D eigenvalue weighted by molar-refractivity contribution is -0.123. The number of benzene rings is 1. The van der Waals surface area contributed by atoms with Gasteiger partial charge in [0.05, 0.1) is 5.02 Å². The number of nitrogens with zero attached hydrogens (tertiary/aromatic N) is 3. The number of rotatable bonds is 5. The van der Waals surface area contributed by atoms with Gasteiger partial charge in [0, 0.05) is 36.5 Å². The number of aromatic nitrogens is 2. The van der Waals surface area contributed by atoms with Crippen LogP contribution in [-0.4, -0.2) is 41.6 Å². The van der Waals surface area contributed by atoms with Crippen LogP contribution in [0.15, 0.2) is 36.7 Å². The zero-order valence-corrected chi connectivity index (χ0v) is 15.0. The SMILES string of the molecule is O=C(COc1ccc(Cl)cc1Cl)NC1CCCN(c2ncccn2)C1. The molecule has 0 bridgehead atoms. The van der Waals surface area contributed by atoms with Crippen LogP contribution < -0.4 is 15.0 Å². The van der Waals surface area contributed by atoms with Crippen molar-refractivity contribution in [2.45, 2.75) is 18.9 Å². The molecule has 132 valence electrons. The number of nitrogens with one attached hydrogen (secondary N) is 1. The van der Waals surface area contributed by atoms with Crippen LogP contribution in [0.25, 0.3) is 0 Å². The topological polar surface area (TPSA) is 67.3 Å². The fraction of sp³-hybridized carbons (Fsp3) is 0.353. The number of anilines is 1. The average Bonchev–Trinajstić information content (AvgIpc) is 2.62. The quantitative estimate of drug-likeness (QED) is 0.863. The number of halogens is 2. The second kappa shape index (κ2) is 8.36. The fourth-order valence-corrected chi connectivity index (χ4v) is 3.20. The van der Waals surface area contributed by atoms with Gasteiger partial charge in [0.1, 0.15) is 5.75 Å². The van der Waals surface area contributed by atoms with Crippen molar-refractivity contribution < 1.29 is 9.53 Å². The number of ether oxygens (including phenoxy) is 1. The number of carbonyl (C=O) groups is 1. The molecule has 1 aromatic carbocycles. The van der Waals surface area contributed by atoms with E-state index in [0.29, 0.717) is 28.3 Å². The second-order valence-electron chi connectivity index (χ2n) is 5.76. The minimum atomic E-state index is -0.188. The summed E-state index contributed by atoms with van der Waals surface area (Å²) in [5.41, 5.74) is 0. The molecule has 1 saturated heterocycles. The van der Waals surface area contributed by atoms with Crippen molar-refractivity contribution in [3.05, 3.63) is 46.7 Å². The number of amides is 1. The highest BCUT2D eigenvalue weighted by atomic mass is 35.5. The van der Waals surface area contributed by atoms with E-state index in [9.17, 15) is 4.79 Å². The predicted molar refractivity (Wildman–Crippen MR) is 97.4 cm³/mol. The highest BCUT2D eigenvalue weighted by Gasteiger charge is 2.23. The van der Waals surface area contributed by atoms with Crippen LogP contribution in [0.5, 0.6) is 5.75 Å². The van der Waals surface area contributed by atoms with E-state index in [-0.39, 0.29) is 18.6 Å². The summed E-state index contributed by atoms with van der Waals surface area (Å²) in [6.07, 6.45) is 5.31. The van der Waals surface area contributed by atoms with Crippen LogP contribution in [0.4, 0.5) is 5.95 Å². The minimum Gasteiger partial charge on any atom is -0.482 e. The third kappa shape index (κ3) is 4.96. The third-order valence-corrected chi connectivity index (χ3v) is 4.40. The summed E-state index contributed by atoms with van der Waals surface area (Å²) in [5, 5.41) is 3.89. The van der Waals surface area contributed by atoms with Crippen molar-refractivity contribution in [3.8, 4) is 5.75 Å². The van der Waals surface area contributed by atoms with Crippen LogP contribution >= 0.6 is 23.2 Å². The van der Waals surface area contributed by atoms with Crippen LogP contribution in [0.2, 0.25) is 10.0 Å². The minimum absolute atomic E-state index is 0.0364. The van der Waals surface area contributed by atoms with Crippen LogP contribution in [-0.2, 0) is 4.79 Å². The molecule has 0 aliphatic carbocycles. The molecule has 1 atom stereocenters. The van der Waals surface area contributed by atoms with Crippen molar-refractivity contribution in [1.82, 2.24) is 15.3 Å². The normalized spacial score (nSPS) is 17.2. The molecule has 3 rings (SSSR count). The molecule has 8 heteroatoms. The molecule has 1 aromatic heterocycles. The summed E-state index contributed by atoms with van der Waals surface area (Å²) in [5.74, 6) is 0.932. The van der Waals surface area contributed by atoms with E-state index < -0.39 is 0 Å². The van der Waals surface area contributed by atoms with Gasteiger partial charge in [0.15, 0.2) is 6.61 Å². The van der Waals surface area contributed by atoms with E-state index in [1.807, 2.05) is 0 Å². The molecule has 0 radical (unpaired) electrons. The molecule has 1 N–H and O–H groups in total. The molecule has 1 aliphatic heterocycles. The number of piperidine rings is 1. The Hall–Kier alpha value is -2.05. The Morgan fingerprint density at radius 2 is 2.12 bits per heavy atom. The Kier molecular flexibility index (Phi) is 5.94. The molecule has 1 amide bonds. The molecule has 2 aromatic rings. The van der Waals surface area contributed by atoms with E-state index in [0.717, 1.165) is 19.4 Å². The Morgan fingerprint density at radius 1 is 1.32 bits per heavy atom. The predicted octanol–water partition coefficient (Wildman–Crippen LogP) is 2.95. The van der Waals surface area contributed by atoms with E-state index in [1.165, 1.54) is 0 Å². The van der Waals surface area contributed by atoms with Gasteiger partial charge in [-0.2, -0.15) is 0 Å². The summed E-state index contributed by atoms with van der Waals surface area (Å²) >= 11 is 11.9. The van der Waals surface area contributed by atoms with E-state index >= 15 is 0 Å². The van der Waals surface area contributed by atoms with E-state index in [2.05, 4.69) is 20.2 Å². The van der Waals surface area contributed by atoms with E-state index in [1.54, 1.807) is 36.7 Å². The summed E-state index contributed by atoms with van der Waals surface area (Å²) in [6.45, 7) is 1.46.